The predicted octanol–water partition coefficient (Wildman–Crippen LogP) is 5.30. The maximum Gasteiger partial charge on any atom is 0.407 e. The first kappa shape index (κ1) is 24.4. The molecule has 3 aromatic rings. The molecule has 1 fully saturated rings. The summed E-state index contributed by atoms with van der Waals surface area (Å²) in [5, 5.41) is 12.2. The molecule has 184 valence electrons. The van der Waals surface area contributed by atoms with Crippen LogP contribution in [0.3, 0.4) is 0 Å². The number of hydrogen-bond donors (Lipinski definition) is 2. The number of carbonyl (C=O) groups excluding carboxylic acids is 1. The number of fused-ring (bicyclic) bond motifs is 1. The highest BCUT2D eigenvalue weighted by Gasteiger charge is 2.32. The van der Waals surface area contributed by atoms with Gasteiger partial charge in [0.2, 0.25) is 0 Å². The van der Waals surface area contributed by atoms with Crippen molar-refractivity contribution in [1.82, 2.24) is 25.1 Å². The van der Waals surface area contributed by atoms with Crippen LogP contribution in [-0.4, -0.2) is 45.1 Å². The topological polar surface area (TPSA) is 103 Å². The van der Waals surface area contributed by atoms with E-state index in [9.17, 15) is 4.79 Å². The molecule has 34 heavy (non-hydrogen) atoms. The van der Waals surface area contributed by atoms with Crippen LogP contribution < -0.4 is 10.6 Å². The van der Waals surface area contributed by atoms with E-state index in [1.165, 1.54) is 0 Å². The molecule has 9 nitrogen and oxygen atoms in total. The van der Waals surface area contributed by atoms with E-state index in [0.29, 0.717) is 18.3 Å². The number of thiazole rings is 1. The van der Waals surface area contributed by atoms with Gasteiger partial charge in [0, 0.05) is 43.1 Å². The molecule has 1 aliphatic carbocycles. The quantitative estimate of drug-likeness (QED) is 0.467. The lowest BCUT2D eigenvalue weighted by Gasteiger charge is -2.25. The van der Waals surface area contributed by atoms with Crippen molar-refractivity contribution >= 4 is 39.3 Å². The summed E-state index contributed by atoms with van der Waals surface area (Å²) in [4.78, 5) is 21.2. The minimum absolute atomic E-state index is 0.103. The highest BCUT2D eigenvalue weighted by molar-refractivity contribution is 7.18. The zero-order valence-corrected chi connectivity index (χ0v) is 21.5. The van der Waals surface area contributed by atoms with E-state index < -0.39 is 0 Å². The van der Waals surface area contributed by atoms with E-state index >= 15 is 0 Å². The first-order chi connectivity index (χ1) is 16.1. The number of methoxy groups -OCH3 is 1. The second-order valence-electron chi connectivity index (χ2n) is 10.0. The molecule has 1 aliphatic rings. The smallest absolute Gasteiger partial charge is 0.407 e. The van der Waals surface area contributed by atoms with Gasteiger partial charge in [0.25, 0.3) is 0 Å². The summed E-state index contributed by atoms with van der Waals surface area (Å²) in [6.07, 6.45) is 4.13. The van der Waals surface area contributed by atoms with Crippen LogP contribution >= 0.6 is 11.3 Å². The number of carbonyl (C=O) groups is 1. The lowest BCUT2D eigenvalue weighted by molar-refractivity contribution is 0.112. The summed E-state index contributed by atoms with van der Waals surface area (Å²) < 4.78 is 13.6. The van der Waals surface area contributed by atoms with Gasteiger partial charge in [-0.25, -0.2) is 14.8 Å². The Hall–Kier alpha value is -2.72. The van der Waals surface area contributed by atoms with Crippen LogP contribution in [0.5, 0.6) is 0 Å². The largest absolute Gasteiger partial charge is 0.447 e. The number of amides is 1. The van der Waals surface area contributed by atoms with E-state index in [-0.39, 0.29) is 23.8 Å². The van der Waals surface area contributed by atoms with Gasteiger partial charge in [-0.1, -0.05) is 0 Å². The Labute approximate surface area is 204 Å². The highest BCUT2D eigenvalue weighted by Crippen LogP contribution is 2.38. The molecule has 3 heterocycles. The van der Waals surface area contributed by atoms with Gasteiger partial charge in [-0.3, -0.25) is 4.68 Å². The lowest BCUT2D eigenvalue weighted by Crippen LogP contribution is -2.34. The van der Waals surface area contributed by atoms with Crippen molar-refractivity contribution < 1.29 is 14.3 Å². The molecule has 0 bridgehead atoms. The molecule has 0 aromatic carbocycles. The Morgan fingerprint density at radius 1 is 1.26 bits per heavy atom. The Morgan fingerprint density at radius 3 is 2.76 bits per heavy atom. The fraction of sp³-hybridized carbons (Fsp3) is 0.583. The zero-order valence-electron chi connectivity index (χ0n) is 20.7. The van der Waals surface area contributed by atoms with E-state index in [2.05, 4.69) is 52.1 Å². The van der Waals surface area contributed by atoms with Crippen LogP contribution in [0.4, 0.5) is 16.4 Å². The Bertz CT molecular complexity index is 1150. The summed E-state index contributed by atoms with van der Waals surface area (Å²) in [5.74, 6) is 1.76. The number of ether oxygens (including phenoxy) is 2. The maximum atomic E-state index is 12.0. The molecule has 2 unspecified atom stereocenters. The fourth-order valence-corrected chi connectivity index (χ4v) is 5.24. The molecular formula is C24H34N6O3S. The molecular weight excluding hydrogens is 452 g/mol. The number of nitrogens with one attached hydrogen (secondary N) is 2. The molecule has 4 rings (SSSR count). The van der Waals surface area contributed by atoms with Crippen molar-refractivity contribution in [3.8, 4) is 0 Å². The Morgan fingerprint density at radius 2 is 2.06 bits per heavy atom. The molecule has 1 saturated carbocycles. The number of nitrogens with zero attached hydrogens (tertiary/aromatic N) is 4. The number of hydrogen-bond acceptors (Lipinski definition) is 8. The van der Waals surface area contributed by atoms with Gasteiger partial charge in [-0.05, 0) is 53.9 Å². The van der Waals surface area contributed by atoms with Crippen LogP contribution in [0.25, 0.3) is 10.2 Å². The molecule has 2 atom stereocenters. The number of alkyl carbamates (subject to hydrolysis) is 1. The van der Waals surface area contributed by atoms with Gasteiger partial charge in [-0.2, -0.15) is 5.10 Å². The van der Waals surface area contributed by atoms with Gasteiger partial charge in [0.15, 0.2) is 5.82 Å². The SMILES string of the molecule is COCc1nc2cc(Nc3cc(C4CCC(NC(=O)OC(C)C)C4)n(C(C)(C)C)n3)ncc2s1. The second kappa shape index (κ2) is 9.87. The molecule has 0 aliphatic heterocycles. The van der Waals surface area contributed by atoms with Gasteiger partial charge >= 0.3 is 6.09 Å². The maximum absolute atomic E-state index is 12.0. The summed E-state index contributed by atoms with van der Waals surface area (Å²) in [7, 11) is 1.67. The van der Waals surface area contributed by atoms with Gasteiger partial charge in [0.1, 0.15) is 10.8 Å². The summed E-state index contributed by atoms with van der Waals surface area (Å²) in [5.41, 5.74) is 1.87. The Kier molecular flexibility index (Phi) is 7.09. The number of rotatable bonds is 7. The summed E-state index contributed by atoms with van der Waals surface area (Å²) in [6, 6.07) is 4.15. The normalized spacial score (nSPS) is 18.6. The number of aromatic nitrogens is 4. The molecule has 0 spiro atoms. The molecule has 2 N–H and O–H groups in total. The fourth-order valence-electron chi connectivity index (χ4n) is 4.35. The van der Waals surface area contributed by atoms with Crippen molar-refractivity contribution in [3.63, 3.8) is 0 Å². The number of pyridine rings is 1. The predicted molar refractivity (Wildman–Crippen MR) is 134 cm³/mol. The molecule has 1 amide bonds. The van der Waals surface area contributed by atoms with Crippen molar-refractivity contribution in [1.29, 1.82) is 0 Å². The Balaban J connectivity index is 1.51. The van der Waals surface area contributed by atoms with E-state index in [1.807, 2.05) is 26.1 Å². The minimum atomic E-state index is -0.343. The molecule has 0 saturated heterocycles. The molecule has 0 radical (unpaired) electrons. The van der Waals surface area contributed by atoms with Crippen molar-refractivity contribution in [2.75, 3.05) is 12.4 Å². The zero-order chi connectivity index (χ0) is 24.5. The average Bonchev–Trinajstić information content (AvgIpc) is 3.44. The van der Waals surface area contributed by atoms with E-state index in [4.69, 9.17) is 14.6 Å². The summed E-state index contributed by atoms with van der Waals surface area (Å²) in [6.45, 7) is 10.6. The van der Waals surface area contributed by atoms with Crippen LogP contribution in [0.1, 0.15) is 70.5 Å². The van der Waals surface area contributed by atoms with E-state index in [0.717, 1.165) is 46.0 Å². The number of anilines is 2. The molecule has 10 heteroatoms. The average molecular weight is 487 g/mol. The van der Waals surface area contributed by atoms with Crippen LogP contribution in [0.2, 0.25) is 0 Å². The second-order valence-corrected chi connectivity index (χ2v) is 11.2. The van der Waals surface area contributed by atoms with Crippen molar-refractivity contribution in [2.24, 2.45) is 0 Å². The van der Waals surface area contributed by atoms with Crippen LogP contribution in [-0.2, 0) is 21.6 Å². The monoisotopic (exact) mass is 486 g/mol. The van der Waals surface area contributed by atoms with Crippen LogP contribution in [0, 0.1) is 0 Å². The highest BCUT2D eigenvalue weighted by atomic mass is 32.1. The van der Waals surface area contributed by atoms with E-state index in [1.54, 1.807) is 18.4 Å². The van der Waals surface area contributed by atoms with Gasteiger partial charge in [0.05, 0.1) is 28.5 Å². The first-order valence-electron chi connectivity index (χ1n) is 11.7. The third-order valence-electron chi connectivity index (χ3n) is 5.73. The third-order valence-corrected chi connectivity index (χ3v) is 6.71. The third kappa shape index (κ3) is 5.67. The van der Waals surface area contributed by atoms with Crippen LogP contribution in [0.15, 0.2) is 18.3 Å². The van der Waals surface area contributed by atoms with Gasteiger partial charge in [-0.15, -0.1) is 11.3 Å². The molecule has 3 aromatic heterocycles. The van der Waals surface area contributed by atoms with Crippen molar-refractivity contribution in [2.45, 2.75) is 84.1 Å². The standard InChI is InChI=1S/C24H34N6O3S/c1-14(2)33-23(31)26-16-8-7-15(9-16)18-11-21(29-30(18)24(3,4)5)28-20-10-17-19(12-25-20)34-22(27-17)13-32-6/h10-12,14-16H,7-9,13H2,1-6H3,(H,26,31)(H,25,28,29). The first-order valence-corrected chi connectivity index (χ1v) is 12.5. The van der Waals surface area contributed by atoms with Crippen molar-refractivity contribution in [3.05, 3.63) is 29.0 Å². The van der Waals surface area contributed by atoms with Gasteiger partial charge < -0.3 is 20.1 Å². The minimum Gasteiger partial charge on any atom is -0.447 e. The lowest BCUT2D eigenvalue weighted by atomic mass is 10.0. The summed E-state index contributed by atoms with van der Waals surface area (Å²) >= 11 is 1.59.